The lowest BCUT2D eigenvalue weighted by molar-refractivity contribution is 0.102. The maximum Gasteiger partial charge on any atom is 0.255 e. The van der Waals surface area contributed by atoms with E-state index < -0.39 is 0 Å². The van der Waals surface area contributed by atoms with Crippen LogP contribution in [0.2, 0.25) is 0 Å². The summed E-state index contributed by atoms with van der Waals surface area (Å²) >= 11 is 0. The van der Waals surface area contributed by atoms with E-state index in [0.29, 0.717) is 23.5 Å². The standard InChI is InChI=1S/C22H22N4O/c1-16(13-25-15-17-5-4-12-24-14-17)18-8-10-19(11-9-18)22(27)26-21-7-3-2-6-20(21)23/h2-12,14,25H,1,13,15,23H2,(H,26,27). The Labute approximate surface area is 159 Å². The zero-order valence-corrected chi connectivity index (χ0v) is 15.0. The first-order chi connectivity index (χ1) is 13.1. The molecule has 0 aliphatic heterocycles. The molecule has 0 saturated heterocycles. The molecular formula is C22H22N4O. The molecule has 0 spiro atoms. The second kappa shape index (κ2) is 8.78. The molecule has 3 aromatic rings. The third-order valence-electron chi connectivity index (χ3n) is 4.15. The second-order valence-electron chi connectivity index (χ2n) is 6.19. The first kappa shape index (κ1) is 18.4. The first-order valence-electron chi connectivity index (χ1n) is 8.67. The number of hydrogen-bond acceptors (Lipinski definition) is 4. The van der Waals surface area contributed by atoms with E-state index in [1.165, 1.54) is 0 Å². The van der Waals surface area contributed by atoms with Crippen molar-refractivity contribution in [3.8, 4) is 0 Å². The van der Waals surface area contributed by atoms with Crippen LogP contribution in [0.1, 0.15) is 21.5 Å². The van der Waals surface area contributed by atoms with E-state index in [-0.39, 0.29) is 5.91 Å². The fourth-order valence-electron chi connectivity index (χ4n) is 2.63. The number of benzene rings is 2. The largest absolute Gasteiger partial charge is 0.397 e. The SMILES string of the molecule is C=C(CNCc1cccnc1)c1ccc(C(=O)Nc2ccccc2N)cc1. The fourth-order valence-corrected chi connectivity index (χ4v) is 2.63. The van der Waals surface area contributed by atoms with E-state index in [2.05, 4.69) is 22.2 Å². The highest BCUT2D eigenvalue weighted by Gasteiger charge is 2.08. The molecule has 0 aliphatic rings. The Balaban J connectivity index is 1.55. The molecule has 0 unspecified atom stereocenters. The summed E-state index contributed by atoms with van der Waals surface area (Å²) in [5, 5.41) is 6.17. The minimum Gasteiger partial charge on any atom is -0.397 e. The van der Waals surface area contributed by atoms with Crippen LogP contribution in [0.5, 0.6) is 0 Å². The molecule has 5 heteroatoms. The van der Waals surface area contributed by atoms with Crippen molar-refractivity contribution in [1.29, 1.82) is 0 Å². The zero-order chi connectivity index (χ0) is 19.1. The van der Waals surface area contributed by atoms with Crippen molar-refractivity contribution in [2.45, 2.75) is 6.54 Å². The summed E-state index contributed by atoms with van der Waals surface area (Å²) < 4.78 is 0. The van der Waals surface area contributed by atoms with Gasteiger partial charge in [-0.25, -0.2) is 0 Å². The normalized spacial score (nSPS) is 10.4. The van der Waals surface area contributed by atoms with Gasteiger partial charge in [0.2, 0.25) is 0 Å². The Kier molecular flexibility index (Phi) is 5.97. The molecule has 2 aromatic carbocycles. The minimum atomic E-state index is -0.195. The van der Waals surface area contributed by atoms with E-state index in [0.717, 1.165) is 23.2 Å². The summed E-state index contributed by atoms with van der Waals surface area (Å²) in [5.41, 5.74) is 10.6. The van der Waals surface area contributed by atoms with Crippen molar-refractivity contribution in [3.05, 3.63) is 96.3 Å². The smallest absolute Gasteiger partial charge is 0.255 e. The number of nitrogens with two attached hydrogens (primary N) is 1. The summed E-state index contributed by atoms with van der Waals surface area (Å²) in [6.45, 7) is 5.50. The van der Waals surface area contributed by atoms with Crippen LogP contribution in [-0.4, -0.2) is 17.4 Å². The van der Waals surface area contributed by atoms with Crippen LogP contribution in [0.15, 0.2) is 79.6 Å². The molecular weight excluding hydrogens is 336 g/mol. The number of hydrogen-bond donors (Lipinski definition) is 3. The Hall–Kier alpha value is -3.44. The highest BCUT2D eigenvalue weighted by Crippen LogP contribution is 2.19. The number of nitrogens with one attached hydrogen (secondary N) is 2. The summed E-state index contributed by atoms with van der Waals surface area (Å²) in [7, 11) is 0. The van der Waals surface area contributed by atoms with Crippen LogP contribution in [0.25, 0.3) is 5.57 Å². The first-order valence-corrected chi connectivity index (χ1v) is 8.67. The van der Waals surface area contributed by atoms with E-state index in [4.69, 9.17) is 5.73 Å². The molecule has 27 heavy (non-hydrogen) atoms. The lowest BCUT2D eigenvalue weighted by Crippen LogP contribution is -2.16. The van der Waals surface area contributed by atoms with Crippen molar-refractivity contribution in [2.75, 3.05) is 17.6 Å². The molecule has 3 rings (SSSR count). The predicted octanol–water partition coefficient (Wildman–Crippen LogP) is 3.72. The van der Waals surface area contributed by atoms with Gasteiger partial charge in [0, 0.05) is 31.0 Å². The van der Waals surface area contributed by atoms with E-state index in [1.807, 2.05) is 42.6 Å². The molecule has 1 amide bonds. The molecule has 1 aromatic heterocycles. The van der Waals surface area contributed by atoms with Crippen LogP contribution >= 0.6 is 0 Å². The van der Waals surface area contributed by atoms with Crippen LogP contribution in [0.4, 0.5) is 11.4 Å². The van der Waals surface area contributed by atoms with Gasteiger partial charge in [-0.3, -0.25) is 9.78 Å². The molecule has 0 fully saturated rings. The molecule has 0 saturated carbocycles. The number of pyridine rings is 1. The van der Waals surface area contributed by atoms with Gasteiger partial charge in [0.15, 0.2) is 0 Å². The van der Waals surface area contributed by atoms with Gasteiger partial charge in [-0.2, -0.15) is 0 Å². The number of aromatic nitrogens is 1. The average Bonchev–Trinajstić information content (AvgIpc) is 2.70. The molecule has 0 atom stereocenters. The number of para-hydroxylation sites is 2. The highest BCUT2D eigenvalue weighted by atomic mass is 16.1. The molecule has 136 valence electrons. The maximum absolute atomic E-state index is 12.4. The van der Waals surface area contributed by atoms with Gasteiger partial charge in [0.1, 0.15) is 0 Å². The molecule has 5 nitrogen and oxygen atoms in total. The maximum atomic E-state index is 12.4. The fraction of sp³-hybridized carbons (Fsp3) is 0.0909. The van der Waals surface area contributed by atoms with E-state index in [1.54, 1.807) is 30.5 Å². The monoisotopic (exact) mass is 358 g/mol. The van der Waals surface area contributed by atoms with Crippen LogP contribution in [0.3, 0.4) is 0 Å². The third-order valence-corrected chi connectivity index (χ3v) is 4.15. The van der Waals surface area contributed by atoms with Crippen molar-refractivity contribution >= 4 is 22.9 Å². The van der Waals surface area contributed by atoms with Crippen molar-refractivity contribution in [1.82, 2.24) is 10.3 Å². The lowest BCUT2D eigenvalue weighted by atomic mass is 10.0. The van der Waals surface area contributed by atoms with Gasteiger partial charge in [0.25, 0.3) is 5.91 Å². The van der Waals surface area contributed by atoms with Gasteiger partial charge in [0.05, 0.1) is 11.4 Å². The van der Waals surface area contributed by atoms with Gasteiger partial charge in [-0.05, 0) is 47.0 Å². The van der Waals surface area contributed by atoms with Gasteiger partial charge in [-0.1, -0.05) is 36.9 Å². The topological polar surface area (TPSA) is 80.0 Å². The number of amides is 1. The predicted molar refractivity (Wildman–Crippen MR) is 110 cm³/mol. The van der Waals surface area contributed by atoms with Crippen LogP contribution in [-0.2, 0) is 6.54 Å². The Morgan fingerprint density at radius 2 is 1.74 bits per heavy atom. The summed E-state index contributed by atoms with van der Waals surface area (Å²) in [5.74, 6) is -0.195. The van der Waals surface area contributed by atoms with Crippen LogP contribution < -0.4 is 16.4 Å². The van der Waals surface area contributed by atoms with Crippen molar-refractivity contribution in [3.63, 3.8) is 0 Å². The Morgan fingerprint density at radius 3 is 2.44 bits per heavy atom. The molecule has 0 aliphatic carbocycles. The van der Waals surface area contributed by atoms with Gasteiger partial charge in [-0.15, -0.1) is 0 Å². The second-order valence-corrected chi connectivity index (χ2v) is 6.19. The van der Waals surface area contributed by atoms with Crippen molar-refractivity contribution < 1.29 is 4.79 Å². The highest BCUT2D eigenvalue weighted by molar-refractivity contribution is 6.05. The molecule has 1 heterocycles. The molecule has 4 N–H and O–H groups in total. The van der Waals surface area contributed by atoms with E-state index in [9.17, 15) is 4.79 Å². The number of carbonyl (C=O) groups is 1. The van der Waals surface area contributed by atoms with Crippen LogP contribution in [0, 0.1) is 0 Å². The summed E-state index contributed by atoms with van der Waals surface area (Å²) in [4.78, 5) is 16.5. The van der Waals surface area contributed by atoms with Crippen molar-refractivity contribution in [2.24, 2.45) is 0 Å². The minimum absolute atomic E-state index is 0.195. The number of carbonyl (C=O) groups excluding carboxylic acids is 1. The van der Waals surface area contributed by atoms with Gasteiger partial charge < -0.3 is 16.4 Å². The Morgan fingerprint density at radius 1 is 1.00 bits per heavy atom. The molecule has 0 radical (unpaired) electrons. The number of rotatable bonds is 7. The number of nitrogens with zero attached hydrogens (tertiary/aromatic N) is 1. The Bertz CT molecular complexity index is 921. The average molecular weight is 358 g/mol. The van der Waals surface area contributed by atoms with Gasteiger partial charge >= 0.3 is 0 Å². The number of nitrogen functional groups attached to an aromatic ring is 1. The zero-order valence-electron chi connectivity index (χ0n) is 15.0. The third kappa shape index (κ3) is 5.03. The lowest BCUT2D eigenvalue weighted by Gasteiger charge is -2.10. The van der Waals surface area contributed by atoms with E-state index >= 15 is 0 Å². The quantitative estimate of drug-likeness (QED) is 0.562. The summed E-state index contributed by atoms with van der Waals surface area (Å²) in [6, 6.07) is 18.5. The number of anilines is 2. The summed E-state index contributed by atoms with van der Waals surface area (Å²) in [6.07, 6.45) is 3.59. The molecule has 0 bridgehead atoms.